The summed E-state index contributed by atoms with van der Waals surface area (Å²) in [5, 5.41) is 26.2. The number of phenolic OH excluding ortho intramolecular Hbond substituents is 1. The summed E-state index contributed by atoms with van der Waals surface area (Å²) in [6.07, 6.45) is 0.580. The molecule has 15 heavy (non-hydrogen) atoms. The van der Waals surface area contributed by atoms with Gasteiger partial charge >= 0.3 is 5.97 Å². The van der Waals surface area contributed by atoms with Crippen LogP contribution in [0.4, 0.5) is 0 Å². The van der Waals surface area contributed by atoms with Crippen LogP contribution in [0.5, 0.6) is 5.75 Å². The van der Waals surface area contributed by atoms with Gasteiger partial charge in [-0.05, 0) is 12.1 Å². The molecule has 5 heteroatoms. The number of aliphatic carboxylic acids is 1. The van der Waals surface area contributed by atoms with E-state index in [1.165, 1.54) is 24.3 Å². The summed E-state index contributed by atoms with van der Waals surface area (Å²) in [5.74, 6) is -3.42. The third-order valence-electron chi connectivity index (χ3n) is 1.62. The normalized spacial score (nSPS) is 11.1. The van der Waals surface area contributed by atoms with Crippen LogP contribution in [0.3, 0.4) is 0 Å². The van der Waals surface area contributed by atoms with Gasteiger partial charge in [0.1, 0.15) is 5.75 Å². The van der Waals surface area contributed by atoms with E-state index in [2.05, 4.69) is 0 Å². The first-order valence-electron chi connectivity index (χ1n) is 3.98. The van der Waals surface area contributed by atoms with Crippen molar-refractivity contribution in [3.05, 3.63) is 41.7 Å². The van der Waals surface area contributed by atoms with Crippen molar-refractivity contribution in [2.24, 2.45) is 0 Å². The second kappa shape index (κ2) is 4.28. The molecule has 78 valence electrons. The van der Waals surface area contributed by atoms with Crippen LogP contribution in [0.1, 0.15) is 10.4 Å². The van der Waals surface area contributed by atoms with Crippen molar-refractivity contribution < 1.29 is 24.9 Å². The van der Waals surface area contributed by atoms with Gasteiger partial charge < -0.3 is 15.3 Å². The fraction of sp³-hybridized carbons (Fsp3) is 0. The molecule has 0 saturated heterocycles. The van der Waals surface area contributed by atoms with Crippen LogP contribution in [-0.2, 0) is 4.79 Å². The lowest BCUT2D eigenvalue weighted by Gasteiger charge is -1.97. The number of carboxylic acids is 1. The Bertz CT molecular complexity index is 433. The van der Waals surface area contributed by atoms with E-state index in [1.807, 2.05) is 0 Å². The maximum absolute atomic E-state index is 11.3. The molecule has 0 unspecified atom stereocenters. The van der Waals surface area contributed by atoms with Crippen molar-refractivity contribution in [2.45, 2.75) is 0 Å². The first kappa shape index (κ1) is 10.8. The van der Waals surface area contributed by atoms with E-state index in [-0.39, 0.29) is 11.3 Å². The second-order valence-corrected chi connectivity index (χ2v) is 2.75. The second-order valence-electron chi connectivity index (χ2n) is 2.75. The van der Waals surface area contributed by atoms with Crippen LogP contribution < -0.4 is 0 Å². The van der Waals surface area contributed by atoms with Gasteiger partial charge in [-0.25, -0.2) is 4.79 Å². The number of hydrogen-bond acceptors (Lipinski definition) is 4. The Balaban J connectivity index is 2.96. The fourth-order valence-corrected chi connectivity index (χ4v) is 0.928. The third kappa shape index (κ3) is 2.84. The average Bonchev–Trinajstić information content (AvgIpc) is 2.17. The highest BCUT2D eigenvalue weighted by Gasteiger charge is 2.09. The number of rotatable bonds is 3. The van der Waals surface area contributed by atoms with E-state index in [4.69, 9.17) is 15.3 Å². The predicted octanol–water partition coefficient (Wildman–Crippen LogP) is 1.10. The lowest BCUT2D eigenvalue weighted by atomic mass is 10.1. The molecule has 0 saturated carbocycles. The van der Waals surface area contributed by atoms with Crippen molar-refractivity contribution in [1.82, 2.24) is 0 Å². The van der Waals surface area contributed by atoms with E-state index in [0.29, 0.717) is 6.08 Å². The molecule has 5 nitrogen and oxygen atoms in total. The molecule has 3 N–H and O–H groups in total. The number of ketones is 1. The molecule has 1 rings (SSSR count). The Morgan fingerprint density at radius 2 is 1.87 bits per heavy atom. The fourth-order valence-electron chi connectivity index (χ4n) is 0.928. The van der Waals surface area contributed by atoms with E-state index in [0.717, 1.165) is 0 Å². The Morgan fingerprint density at radius 3 is 2.40 bits per heavy atom. The van der Waals surface area contributed by atoms with Crippen molar-refractivity contribution in [2.75, 3.05) is 0 Å². The first-order chi connectivity index (χ1) is 7.00. The van der Waals surface area contributed by atoms with E-state index in [9.17, 15) is 9.59 Å². The summed E-state index contributed by atoms with van der Waals surface area (Å²) in [7, 11) is 0. The molecule has 0 atom stereocenters. The standard InChI is InChI=1S/C10H8O5/c11-7-3-1-2-6(4-7)8(12)5-9(13)10(14)15/h1-5,11,13H,(H,14,15)/b9-5-. The highest BCUT2D eigenvalue weighted by molar-refractivity contribution is 6.07. The number of aromatic hydroxyl groups is 1. The zero-order chi connectivity index (χ0) is 11.4. The van der Waals surface area contributed by atoms with Crippen LogP contribution in [0.2, 0.25) is 0 Å². The van der Waals surface area contributed by atoms with Gasteiger partial charge in [0, 0.05) is 11.6 Å². The maximum Gasteiger partial charge on any atom is 0.371 e. The molecule has 0 heterocycles. The van der Waals surface area contributed by atoms with Gasteiger partial charge in [0.2, 0.25) is 5.76 Å². The number of aliphatic hydroxyl groups is 1. The van der Waals surface area contributed by atoms with Crippen LogP contribution in [0.15, 0.2) is 36.1 Å². The molecule has 1 aromatic carbocycles. The molecule has 0 spiro atoms. The lowest BCUT2D eigenvalue weighted by Crippen LogP contribution is -2.03. The summed E-state index contributed by atoms with van der Waals surface area (Å²) in [5.41, 5.74) is 0.0998. The van der Waals surface area contributed by atoms with Gasteiger partial charge in [-0.15, -0.1) is 0 Å². The molecule has 0 amide bonds. The molecule has 1 aromatic rings. The first-order valence-corrected chi connectivity index (χ1v) is 3.98. The van der Waals surface area contributed by atoms with Crippen LogP contribution in [0.25, 0.3) is 0 Å². The van der Waals surface area contributed by atoms with Crippen LogP contribution in [0, 0.1) is 0 Å². The number of phenols is 1. The quantitative estimate of drug-likeness (QED) is 0.392. The summed E-state index contributed by atoms with van der Waals surface area (Å²) in [4.78, 5) is 21.5. The summed E-state index contributed by atoms with van der Waals surface area (Å²) in [6, 6.07) is 5.38. The molecule has 0 aliphatic rings. The SMILES string of the molecule is O=C(O)/C(O)=C/C(=O)c1cccc(O)c1. The van der Waals surface area contributed by atoms with E-state index >= 15 is 0 Å². The largest absolute Gasteiger partial charge is 0.508 e. The predicted molar refractivity (Wildman–Crippen MR) is 50.8 cm³/mol. The number of benzene rings is 1. The molecular weight excluding hydrogens is 200 g/mol. The van der Waals surface area contributed by atoms with Gasteiger partial charge in [-0.2, -0.15) is 0 Å². The van der Waals surface area contributed by atoms with Gasteiger partial charge in [-0.3, -0.25) is 4.79 Å². The lowest BCUT2D eigenvalue weighted by molar-refractivity contribution is -0.135. The monoisotopic (exact) mass is 208 g/mol. The Kier molecular flexibility index (Phi) is 3.07. The molecule has 0 aliphatic carbocycles. The molecular formula is C10H8O5. The van der Waals surface area contributed by atoms with Gasteiger partial charge in [-0.1, -0.05) is 12.1 Å². The average molecular weight is 208 g/mol. The van der Waals surface area contributed by atoms with Crippen LogP contribution >= 0.6 is 0 Å². The van der Waals surface area contributed by atoms with Gasteiger partial charge in [0.25, 0.3) is 0 Å². The van der Waals surface area contributed by atoms with Crippen molar-refractivity contribution in [3.8, 4) is 5.75 Å². The van der Waals surface area contributed by atoms with E-state index in [1.54, 1.807) is 0 Å². The van der Waals surface area contributed by atoms with E-state index < -0.39 is 17.5 Å². The molecule has 0 bridgehead atoms. The smallest absolute Gasteiger partial charge is 0.371 e. The summed E-state index contributed by atoms with van der Waals surface area (Å²) in [6.45, 7) is 0. The zero-order valence-electron chi connectivity index (χ0n) is 7.54. The minimum atomic E-state index is -1.58. The van der Waals surface area contributed by atoms with Gasteiger partial charge in [0.05, 0.1) is 0 Å². The third-order valence-corrected chi connectivity index (χ3v) is 1.62. The Labute approximate surface area is 84.9 Å². The minimum Gasteiger partial charge on any atom is -0.508 e. The number of carbonyl (C=O) groups is 2. The number of hydrogen-bond donors (Lipinski definition) is 3. The number of carbonyl (C=O) groups excluding carboxylic acids is 1. The Morgan fingerprint density at radius 1 is 1.20 bits per heavy atom. The van der Waals surface area contributed by atoms with Gasteiger partial charge in [0.15, 0.2) is 5.78 Å². The Hall–Kier alpha value is -2.30. The zero-order valence-corrected chi connectivity index (χ0v) is 7.54. The summed E-state index contributed by atoms with van der Waals surface area (Å²) >= 11 is 0. The minimum absolute atomic E-state index is 0.0998. The highest BCUT2D eigenvalue weighted by Crippen LogP contribution is 2.12. The number of aliphatic hydroxyl groups excluding tert-OH is 1. The number of allylic oxidation sites excluding steroid dienone is 1. The van der Waals surface area contributed by atoms with Crippen molar-refractivity contribution >= 4 is 11.8 Å². The molecule has 0 fully saturated rings. The molecule has 0 aromatic heterocycles. The molecule has 0 radical (unpaired) electrons. The topological polar surface area (TPSA) is 94.8 Å². The summed E-state index contributed by atoms with van der Waals surface area (Å²) < 4.78 is 0. The molecule has 0 aliphatic heterocycles. The van der Waals surface area contributed by atoms with Crippen molar-refractivity contribution in [1.29, 1.82) is 0 Å². The highest BCUT2D eigenvalue weighted by atomic mass is 16.4. The maximum atomic E-state index is 11.3. The number of carboxylic acid groups (broad SMARTS) is 1. The van der Waals surface area contributed by atoms with Crippen molar-refractivity contribution in [3.63, 3.8) is 0 Å². The van der Waals surface area contributed by atoms with Crippen LogP contribution in [-0.4, -0.2) is 27.1 Å².